The van der Waals surface area contributed by atoms with E-state index in [0.29, 0.717) is 11.9 Å². The first-order chi connectivity index (χ1) is 10.2. The number of nitrogens with two attached hydrogens (primary N) is 1. The lowest BCUT2D eigenvalue weighted by Crippen LogP contribution is -2.34. The largest absolute Gasteiger partial charge is 0.382 e. The third kappa shape index (κ3) is 3.23. The Morgan fingerprint density at radius 3 is 2.76 bits per heavy atom. The van der Waals surface area contributed by atoms with E-state index >= 15 is 0 Å². The van der Waals surface area contributed by atoms with Gasteiger partial charge in [0.15, 0.2) is 0 Å². The second-order valence-corrected chi connectivity index (χ2v) is 5.54. The molecule has 108 valence electrons. The van der Waals surface area contributed by atoms with Crippen molar-refractivity contribution in [2.75, 3.05) is 18.8 Å². The van der Waals surface area contributed by atoms with Crippen LogP contribution in [0.25, 0.3) is 0 Å². The van der Waals surface area contributed by atoms with Gasteiger partial charge in [-0.1, -0.05) is 12.1 Å². The molecule has 1 aliphatic rings. The van der Waals surface area contributed by atoms with Gasteiger partial charge in [0, 0.05) is 25.8 Å². The van der Waals surface area contributed by atoms with Crippen molar-refractivity contribution in [2.24, 2.45) is 0 Å². The van der Waals surface area contributed by atoms with E-state index in [9.17, 15) is 0 Å². The summed E-state index contributed by atoms with van der Waals surface area (Å²) >= 11 is 0. The van der Waals surface area contributed by atoms with E-state index in [2.05, 4.69) is 22.1 Å². The Hall–Kier alpha value is -2.32. The van der Waals surface area contributed by atoms with Crippen molar-refractivity contribution in [1.82, 2.24) is 14.7 Å². The van der Waals surface area contributed by atoms with Crippen molar-refractivity contribution in [3.8, 4) is 6.07 Å². The van der Waals surface area contributed by atoms with Gasteiger partial charge in [-0.25, -0.2) is 0 Å². The van der Waals surface area contributed by atoms with Crippen LogP contribution >= 0.6 is 0 Å². The summed E-state index contributed by atoms with van der Waals surface area (Å²) in [6.45, 7) is 2.99. The molecule has 5 nitrogen and oxygen atoms in total. The zero-order valence-corrected chi connectivity index (χ0v) is 11.9. The maximum absolute atomic E-state index is 8.95. The fourth-order valence-electron chi connectivity index (χ4n) is 2.90. The van der Waals surface area contributed by atoms with Gasteiger partial charge in [-0.3, -0.25) is 9.58 Å². The van der Waals surface area contributed by atoms with E-state index in [-0.39, 0.29) is 0 Å². The van der Waals surface area contributed by atoms with Crippen molar-refractivity contribution in [1.29, 1.82) is 5.26 Å². The van der Waals surface area contributed by atoms with Crippen LogP contribution in [0.3, 0.4) is 0 Å². The zero-order valence-electron chi connectivity index (χ0n) is 11.9. The monoisotopic (exact) mass is 281 g/mol. The maximum Gasteiger partial charge on any atom is 0.145 e. The smallest absolute Gasteiger partial charge is 0.145 e. The van der Waals surface area contributed by atoms with E-state index < -0.39 is 0 Å². The fourth-order valence-corrected chi connectivity index (χ4v) is 2.90. The molecule has 0 radical (unpaired) electrons. The quantitative estimate of drug-likeness (QED) is 0.936. The Bertz CT molecular complexity index is 647. The molecule has 5 heteroatoms. The third-order valence-electron chi connectivity index (χ3n) is 4.02. The molecule has 0 amide bonds. The van der Waals surface area contributed by atoms with Gasteiger partial charge < -0.3 is 5.73 Å². The molecule has 1 fully saturated rings. The van der Waals surface area contributed by atoms with Crippen molar-refractivity contribution < 1.29 is 0 Å². The Kier molecular flexibility index (Phi) is 3.89. The van der Waals surface area contributed by atoms with Gasteiger partial charge in [0.25, 0.3) is 0 Å². The Labute approximate surface area is 124 Å². The number of hydrogen-bond acceptors (Lipinski definition) is 4. The van der Waals surface area contributed by atoms with E-state index in [1.54, 1.807) is 0 Å². The molecule has 2 heterocycles. The molecule has 2 N–H and O–H groups in total. The van der Waals surface area contributed by atoms with Gasteiger partial charge in [-0.2, -0.15) is 10.4 Å². The molecule has 21 heavy (non-hydrogen) atoms. The maximum atomic E-state index is 8.95. The zero-order chi connectivity index (χ0) is 14.7. The molecular formula is C16H19N5. The van der Waals surface area contributed by atoms with Crippen molar-refractivity contribution in [3.63, 3.8) is 0 Å². The number of nitrogens with zero attached hydrogens (tertiary/aromatic N) is 4. The minimum Gasteiger partial charge on any atom is -0.382 e. The van der Waals surface area contributed by atoms with Crippen LogP contribution in [0.2, 0.25) is 0 Å². The van der Waals surface area contributed by atoms with Crippen LogP contribution in [0, 0.1) is 11.3 Å². The first kappa shape index (κ1) is 13.7. The summed E-state index contributed by atoms with van der Waals surface area (Å²) in [5.74, 6) is 0.589. The highest BCUT2D eigenvalue weighted by Gasteiger charge is 2.21. The average Bonchev–Trinajstić information content (AvgIpc) is 2.95. The normalized spacial score (nSPS) is 16.7. The van der Waals surface area contributed by atoms with Crippen molar-refractivity contribution >= 4 is 5.82 Å². The van der Waals surface area contributed by atoms with E-state index in [0.717, 1.165) is 38.0 Å². The van der Waals surface area contributed by atoms with E-state index in [1.807, 2.05) is 35.1 Å². The second kappa shape index (κ2) is 5.98. The van der Waals surface area contributed by atoms with Crippen LogP contribution in [0.15, 0.2) is 36.5 Å². The number of rotatable bonds is 3. The summed E-state index contributed by atoms with van der Waals surface area (Å²) in [7, 11) is 0. The molecule has 1 aliphatic heterocycles. The molecular weight excluding hydrogens is 262 g/mol. The lowest BCUT2D eigenvalue weighted by Gasteiger charge is -2.32. The van der Waals surface area contributed by atoms with E-state index in [4.69, 9.17) is 11.0 Å². The molecule has 3 rings (SSSR count). The number of benzene rings is 1. The van der Waals surface area contributed by atoms with Gasteiger partial charge in [0.1, 0.15) is 5.82 Å². The Balaban J connectivity index is 1.57. The first-order valence-corrected chi connectivity index (χ1v) is 7.26. The van der Waals surface area contributed by atoms with Crippen LogP contribution in [0.4, 0.5) is 5.82 Å². The summed E-state index contributed by atoms with van der Waals surface area (Å²) in [6.07, 6.45) is 4.13. The number of hydrogen-bond donors (Lipinski definition) is 1. The Morgan fingerprint density at radius 2 is 2.10 bits per heavy atom. The topological polar surface area (TPSA) is 70.9 Å². The SMILES string of the molecule is N#Cc1cccc(CN2CCC(n3ccc(N)n3)CC2)c1. The molecule has 0 aliphatic carbocycles. The molecule has 1 aromatic heterocycles. The van der Waals surface area contributed by atoms with Gasteiger partial charge in [0.2, 0.25) is 0 Å². The molecule has 0 bridgehead atoms. The molecule has 0 saturated carbocycles. The minimum absolute atomic E-state index is 0.448. The molecule has 1 aromatic carbocycles. The number of nitriles is 1. The van der Waals surface area contributed by atoms with Gasteiger partial charge >= 0.3 is 0 Å². The number of likely N-dealkylation sites (tertiary alicyclic amines) is 1. The van der Waals surface area contributed by atoms with E-state index in [1.165, 1.54) is 5.56 Å². The summed E-state index contributed by atoms with van der Waals surface area (Å²) in [5, 5.41) is 13.3. The van der Waals surface area contributed by atoms with Crippen LogP contribution < -0.4 is 5.73 Å². The molecule has 2 aromatic rings. The summed E-state index contributed by atoms with van der Waals surface area (Å²) in [5.41, 5.74) is 7.61. The average molecular weight is 281 g/mol. The lowest BCUT2D eigenvalue weighted by molar-refractivity contribution is 0.173. The van der Waals surface area contributed by atoms with Gasteiger partial charge in [-0.15, -0.1) is 0 Å². The first-order valence-electron chi connectivity index (χ1n) is 7.26. The van der Waals surface area contributed by atoms with Gasteiger partial charge in [0.05, 0.1) is 17.7 Å². The predicted octanol–water partition coefficient (Wildman–Crippen LogP) is 2.17. The van der Waals surface area contributed by atoms with Gasteiger partial charge in [-0.05, 0) is 36.6 Å². The van der Waals surface area contributed by atoms with Crippen LogP contribution in [0.5, 0.6) is 0 Å². The summed E-state index contributed by atoms with van der Waals surface area (Å²) in [6, 6.07) is 12.3. The molecule has 1 saturated heterocycles. The standard InChI is InChI=1S/C16H19N5/c17-11-13-2-1-3-14(10-13)12-20-7-4-15(5-8-20)21-9-6-16(18)19-21/h1-3,6,9-10,15H,4-5,7-8,12H2,(H2,18,19). The summed E-state index contributed by atoms with van der Waals surface area (Å²) in [4.78, 5) is 2.43. The van der Waals surface area contributed by atoms with Crippen LogP contribution in [0.1, 0.15) is 30.0 Å². The third-order valence-corrected chi connectivity index (χ3v) is 4.02. The second-order valence-electron chi connectivity index (χ2n) is 5.54. The molecule has 0 unspecified atom stereocenters. The summed E-state index contributed by atoms with van der Waals surface area (Å²) < 4.78 is 1.99. The van der Waals surface area contributed by atoms with Crippen molar-refractivity contribution in [3.05, 3.63) is 47.7 Å². The van der Waals surface area contributed by atoms with Crippen molar-refractivity contribution in [2.45, 2.75) is 25.4 Å². The van der Waals surface area contributed by atoms with Crippen LogP contribution in [-0.4, -0.2) is 27.8 Å². The highest BCUT2D eigenvalue weighted by molar-refractivity contribution is 5.32. The molecule has 0 spiro atoms. The highest BCUT2D eigenvalue weighted by atomic mass is 15.3. The number of piperidine rings is 1. The minimum atomic E-state index is 0.448. The number of aromatic nitrogens is 2. The lowest BCUT2D eigenvalue weighted by atomic mass is 10.0. The molecule has 0 atom stereocenters. The van der Waals surface area contributed by atoms with Crippen LogP contribution in [-0.2, 0) is 6.54 Å². The predicted molar refractivity (Wildman–Crippen MR) is 81.3 cm³/mol. The fraction of sp³-hybridized carbons (Fsp3) is 0.375. The number of anilines is 1. The highest BCUT2D eigenvalue weighted by Crippen LogP contribution is 2.23. The Morgan fingerprint density at radius 1 is 1.29 bits per heavy atom. The number of nitrogen functional groups attached to an aromatic ring is 1.